The van der Waals surface area contributed by atoms with E-state index in [1.54, 1.807) is 36.6 Å². The highest BCUT2D eigenvalue weighted by atomic mass is 16.5. The van der Waals surface area contributed by atoms with Crippen LogP contribution < -0.4 is 10.5 Å². The molecule has 0 fully saturated rings. The number of benzene rings is 1. The Balaban J connectivity index is 2.75. The van der Waals surface area contributed by atoms with Gasteiger partial charge >= 0.3 is 0 Å². The number of primary amides is 1. The highest BCUT2D eigenvalue weighted by Gasteiger charge is 1.98. The Bertz CT molecular complexity index is 314. The molecule has 0 radical (unpaired) electrons. The highest BCUT2D eigenvalue weighted by Crippen LogP contribution is 2.11. The summed E-state index contributed by atoms with van der Waals surface area (Å²) in [7, 11) is 0. The van der Waals surface area contributed by atoms with Gasteiger partial charge in [-0.2, -0.15) is 0 Å². The average Bonchev–Trinajstić information content (AvgIpc) is 2.15. The van der Waals surface area contributed by atoms with E-state index in [1.165, 1.54) is 0 Å². The van der Waals surface area contributed by atoms with Crippen molar-refractivity contribution in [2.45, 2.75) is 6.92 Å². The van der Waals surface area contributed by atoms with Gasteiger partial charge in [-0.05, 0) is 31.2 Å². The minimum absolute atomic E-state index is 0.433. The van der Waals surface area contributed by atoms with E-state index in [9.17, 15) is 4.79 Å². The monoisotopic (exact) mass is 177 g/mol. The molecule has 1 aromatic rings. The van der Waals surface area contributed by atoms with Crippen LogP contribution in [0.15, 0.2) is 36.6 Å². The number of nitrogens with two attached hydrogens (primary N) is 1. The van der Waals surface area contributed by atoms with Gasteiger partial charge in [0.1, 0.15) is 5.75 Å². The Labute approximate surface area is 76.8 Å². The summed E-state index contributed by atoms with van der Waals surface area (Å²) in [6.45, 7) is 1.86. The van der Waals surface area contributed by atoms with Crippen LogP contribution in [0.1, 0.15) is 17.3 Å². The summed E-state index contributed by atoms with van der Waals surface area (Å²) in [5.74, 6) is 0.251. The molecule has 0 heterocycles. The quantitative estimate of drug-likeness (QED) is 0.714. The van der Waals surface area contributed by atoms with E-state index in [0.717, 1.165) is 0 Å². The third kappa shape index (κ3) is 2.63. The van der Waals surface area contributed by atoms with Gasteiger partial charge in [0.2, 0.25) is 5.91 Å². The fraction of sp³-hybridized carbons (Fsp3) is 0.100. The van der Waals surface area contributed by atoms with Gasteiger partial charge in [-0.15, -0.1) is 0 Å². The van der Waals surface area contributed by atoms with Gasteiger partial charge in [-0.25, -0.2) is 0 Å². The second kappa shape index (κ2) is 4.30. The number of ether oxygens (including phenoxy) is 1. The van der Waals surface area contributed by atoms with E-state index in [1.807, 2.05) is 6.92 Å². The van der Waals surface area contributed by atoms with E-state index in [4.69, 9.17) is 10.5 Å². The van der Waals surface area contributed by atoms with Gasteiger partial charge in [0.05, 0.1) is 6.26 Å². The molecule has 68 valence electrons. The zero-order chi connectivity index (χ0) is 9.68. The number of hydrogen-bond acceptors (Lipinski definition) is 2. The number of allylic oxidation sites excluding steroid dienone is 1. The van der Waals surface area contributed by atoms with E-state index >= 15 is 0 Å². The molecule has 1 amide bonds. The van der Waals surface area contributed by atoms with Gasteiger partial charge in [0.25, 0.3) is 0 Å². The lowest BCUT2D eigenvalue weighted by molar-refractivity contribution is 0.100. The number of hydrogen-bond donors (Lipinski definition) is 1. The van der Waals surface area contributed by atoms with Crippen molar-refractivity contribution < 1.29 is 9.53 Å². The molecular weight excluding hydrogens is 166 g/mol. The lowest BCUT2D eigenvalue weighted by Gasteiger charge is -1.99. The molecule has 1 aromatic carbocycles. The van der Waals surface area contributed by atoms with E-state index in [2.05, 4.69) is 0 Å². The largest absolute Gasteiger partial charge is 0.465 e. The van der Waals surface area contributed by atoms with Crippen LogP contribution in [-0.2, 0) is 0 Å². The molecule has 13 heavy (non-hydrogen) atoms. The Kier molecular flexibility index (Phi) is 3.09. The molecule has 0 bridgehead atoms. The van der Waals surface area contributed by atoms with Crippen molar-refractivity contribution in [3.8, 4) is 5.75 Å². The zero-order valence-electron chi connectivity index (χ0n) is 7.36. The van der Waals surface area contributed by atoms with Crippen LogP contribution in [0.3, 0.4) is 0 Å². The fourth-order valence-electron chi connectivity index (χ4n) is 0.844. The van der Waals surface area contributed by atoms with Crippen LogP contribution in [-0.4, -0.2) is 5.91 Å². The van der Waals surface area contributed by atoms with Gasteiger partial charge < -0.3 is 10.5 Å². The SMILES string of the molecule is C/C=C\Oc1ccc(C(N)=O)cc1. The molecule has 2 N–H and O–H groups in total. The second-order valence-electron chi connectivity index (χ2n) is 2.48. The molecule has 0 aromatic heterocycles. The standard InChI is InChI=1S/C10H11NO2/c1-2-7-13-9-5-3-8(4-6-9)10(11)12/h2-7H,1H3,(H2,11,12)/b7-2-. The molecule has 3 nitrogen and oxygen atoms in total. The van der Waals surface area contributed by atoms with Crippen LogP contribution in [0.2, 0.25) is 0 Å². The third-order valence-corrected chi connectivity index (χ3v) is 1.48. The summed E-state index contributed by atoms with van der Waals surface area (Å²) in [6, 6.07) is 6.64. The van der Waals surface area contributed by atoms with Crippen LogP contribution in [0.5, 0.6) is 5.75 Å². The maximum Gasteiger partial charge on any atom is 0.248 e. The summed E-state index contributed by atoms with van der Waals surface area (Å²) in [4.78, 5) is 10.7. The number of carbonyl (C=O) groups is 1. The molecule has 0 spiro atoms. The molecule has 0 atom stereocenters. The molecular formula is C10H11NO2. The second-order valence-corrected chi connectivity index (χ2v) is 2.48. The maximum atomic E-state index is 10.7. The number of amides is 1. The van der Waals surface area contributed by atoms with Gasteiger partial charge in [0.15, 0.2) is 0 Å². The average molecular weight is 177 g/mol. The highest BCUT2D eigenvalue weighted by molar-refractivity contribution is 5.92. The van der Waals surface area contributed by atoms with E-state index in [-0.39, 0.29) is 0 Å². The van der Waals surface area contributed by atoms with Crippen LogP contribution in [0.4, 0.5) is 0 Å². The van der Waals surface area contributed by atoms with Crippen molar-refractivity contribution in [2.24, 2.45) is 5.73 Å². The molecule has 0 aliphatic carbocycles. The molecule has 3 heteroatoms. The molecule has 0 saturated carbocycles. The zero-order valence-corrected chi connectivity index (χ0v) is 7.36. The van der Waals surface area contributed by atoms with Crippen molar-refractivity contribution in [2.75, 3.05) is 0 Å². The van der Waals surface area contributed by atoms with Crippen molar-refractivity contribution >= 4 is 5.91 Å². The lowest BCUT2D eigenvalue weighted by Crippen LogP contribution is -2.10. The summed E-state index contributed by atoms with van der Waals surface area (Å²) < 4.78 is 5.16. The predicted octanol–water partition coefficient (Wildman–Crippen LogP) is 1.70. The molecule has 0 aliphatic heterocycles. The van der Waals surface area contributed by atoms with Crippen LogP contribution >= 0.6 is 0 Å². The summed E-state index contributed by atoms with van der Waals surface area (Å²) in [5.41, 5.74) is 5.55. The first-order valence-electron chi connectivity index (χ1n) is 3.91. The first-order valence-corrected chi connectivity index (χ1v) is 3.91. The Morgan fingerprint density at radius 2 is 2.00 bits per heavy atom. The Morgan fingerprint density at radius 1 is 1.38 bits per heavy atom. The normalized spacial score (nSPS) is 10.2. The van der Waals surface area contributed by atoms with Gasteiger partial charge in [0, 0.05) is 5.56 Å². The summed E-state index contributed by atoms with van der Waals surface area (Å²) in [5, 5.41) is 0. The third-order valence-electron chi connectivity index (χ3n) is 1.48. The summed E-state index contributed by atoms with van der Waals surface area (Å²) in [6.07, 6.45) is 3.35. The Hall–Kier alpha value is -1.77. The lowest BCUT2D eigenvalue weighted by atomic mass is 10.2. The first kappa shape index (κ1) is 9.32. The molecule has 1 rings (SSSR count). The molecule has 0 unspecified atom stereocenters. The minimum Gasteiger partial charge on any atom is -0.465 e. The van der Waals surface area contributed by atoms with Crippen molar-refractivity contribution in [3.05, 3.63) is 42.2 Å². The Morgan fingerprint density at radius 3 is 2.46 bits per heavy atom. The first-order chi connectivity index (χ1) is 6.24. The summed E-state index contributed by atoms with van der Waals surface area (Å²) >= 11 is 0. The maximum absolute atomic E-state index is 10.7. The number of carbonyl (C=O) groups excluding carboxylic acids is 1. The minimum atomic E-state index is -0.433. The number of rotatable bonds is 3. The van der Waals surface area contributed by atoms with Crippen molar-refractivity contribution in [3.63, 3.8) is 0 Å². The van der Waals surface area contributed by atoms with E-state index in [0.29, 0.717) is 11.3 Å². The molecule has 0 aliphatic rings. The topological polar surface area (TPSA) is 52.3 Å². The predicted molar refractivity (Wildman–Crippen MR) is 50.4 cm³/mol. The van der Waals surface area contributed by atoms with Crippen LogP contribution in [0.25, 0.3) is 0 Å². The fourth-order valence-corrected chi connectivity index (χ4v) is 0.844. The van der Waals surface area contributed by atoms with Crippen LogP contribution in [0, 0.1) is 0 Å². The van der Waals surface area contributed by atoms with Gasteiger partial charge in [-0.3, -0.25) is 4.79 Å². The van der Waals surface area contributed by atoms with Gasteiger partial charge in [-0.1, -0.05) is 6.08 Å². The van der Waals surface area contributed by atoms with Crippen molar-refractivity contribution in [1.82, 2.24) is 0 Å². The van der Waals surface area contributed by atoms with Crippen molar-refractivity contribution in [1.29, 1.82) is 0 Å². The molecule has 0 saturated heterocycles. The van der Waals surface area contributed by atoms with E-state index < -0.39 is 5.91 Å². The smallest absolute Gasteiger partial charge is 0.248 e.